The van der Waals surface area contributed by atoms with Gasteiger partial charge in [0, 0.05) is 30.3 Å². The fourth-order valence-corrected chi connectivity index (χ4v) is 5.63. The quantitative estimate of drug-likeness (QED) is 0.318. The van der Waals surface area contributed by atoms with Gasteiger partial charge >= 0.3 is 5.97 Å². The number of aromatic nitrogens is 3. The zero-order valence-electron chi connectivity index (χ0n) is 22.0. The van der Waals surface area contributed by atoms with Crippen LogP contribution in [0.5, 0.6) is 5.75 Å². The van der Waals surface area contributed by atoms with Crippen LogP contribution in [-0.2, 0) is 24.7 Å². The summed E-state index contributed by atoms with van der Waals surface area (Å²) in [6.45, 7) is 8.26. The number of aliphatic carboxylic acids is 1. The van der Waals surface area contributed by atoms with Gasteiger partial charge in [0.2, 0.25) is 0 Å². The third-order valence-electron chi connectivity index (χ3n) is 7.72. The van der Waals surface area contributed by atoms with Crippen molar-refractivity contribution in [1.82, 2.24) is 14.7 Å². The number of carbonyl (C=O) groups is 1. The van der Waals surface area contributed by atoms with Crippen LogP contribution in [0.4, 0.5) is 0 Å². The molecule has 2 aromatic heterocycles. The van der Waals surface area contributed by atoms with E-state index >= 15 is 0 Å². The first-order valence-electron chi connectivity index (χ1n) is 12.8. The van der Waals surface area contributed by atoms with Crippen molar-refractivity contribution in [1.29, 1.82) is 0 Å². The number of carboxylic acids is 1. The summed E-state index contributed by atoms with van der Waals surface area (Å²) in [5, 5.41) is 13.5. The lowest BCUT2D eigenvalue weighted by molar-refractivity contribution is -0.141. The van der Waals surface area contributed by atoms with Crippen molar-refractivity contribution >= 4 is 5.97 Å². The minimum atomic E-state index is -0.736. The van der Waals surface area contributed by atoms with Crippen molar-refractivity contribution in [3.05, 3.63) is 76.4 Å². The van der Waals surface area contributed by atoms with Crippen molar-refractivity contribution in [3.63, 3.8) is 0 Å². The van der Waals surface area contributed by atoms with Gasteiger partial charge in [-0.1, -0.05) is 42.4 Å². The van der Waals surface area contributed by atoms with E-state index in [-0.39, 0.29) is 11.8 Å². The first-order chi connectivity index (χ1) is 17.7. The molecule has 2 atom stereocenters. The van der Waals surface area contributed by atoms with Gasteiger partial charge < -0.3 is 18.9 Å². The number of benzene rings is 2. The van der Waals surface area contributed by atoms with Crippen LogP contribution in [0, 0.1) is 26.7 Å². The molecule has 1 aliphatic rings. The number of aryl methyl sites for hydroxylation is 4. The van der Waals surface area contributed by atoms with Crippen molar-refractivity contribution in [2.45, 2.75) is 52.9 Å². The third kappa shape index (κ3) is 4.66. The summed E-state index contributed by atoms with van der Waals surface area (Å²) in [5.74, 6) is 1.54. The molecule has 0 bridgehead atoms. The summed E-state index contributed by atoms with van der Waals surface area (Å²) in [6.07, 6.45) is 2.51. The number of hydrogen-bond acceptors (Lipinski definition) is 5. The lowest BCUT2D eigenvalue weighted by Gasteiger charge is -2.16. The monoisotopic (exact) mass is 499 g/mol. The smallest absolute Gasteiger partial charge is 0.306 e. The van der Waals surface area contributed by atoms with Crippen LogP contribution in [0.3, 0.4) is 0 Å². The van der Waals surface area contributed by atoms with Gasteiger partial charge in [-0.25, -0.2) is 4.98 Å². The highest BCUT2D eigenvalue weighted by Gasteiger charge is 2.31. The Morgan fingerprint density at radius 2 is 1.86 bits per heavy atom. The van der Waals surface area contributed by atoms with Crippen LogP contribution in [0.15, 0.2) is 47.0 Å². The number of fused-ring (bicyclic) bond motifs is 1. The molecule has 5 rings (SSSR count). The van der Waals surface area contributed by atoms with Crippen LogP contribution in [0.25, 0.3) is 22.5 Å². The molecule has 0 spiro atoms. The molecule has 2 heterocycles. The van der Waals surface area contributed by atoms with E-state index in [0.29, 0.717) is 6.61 Å². The summed E-state index contributed by atoms with van der Waals surface area (Å²) < 4.78 is 13.6. The molecule has 192 valence electrons. The largest absolute Gasteiger partial charge is 0.493 e. The van der Waals surface area contributed by atoms with Gasteiger partial charge in [-0.15, -0.1) is 0 Å². The van der Waals surface area contributed by atoms with Gasteiger partial charge in [0.1, 0.15) is 17.3 Å². The Morgan fingerprint density at radius 1 is 1.14 bits per heavy atom. The standard InChI is InChI=1S/C30H33N3O4/c1-17(30(34)35)25-12-10-23-16-24(11-13-26(23)25)36-15-14-27-18(2)31-29(33(27)5)22-8-6-21(7-9-22)28-19(3)32-37-20(28)4/h6-9,11,13,16-17,25H,10,12,14-15H2,1-5H3,(H,34,35)/t17-,25-/m0/s1. The molecule has 2 aromatic carbocycles. The van der Waals surface area contributed by atoms with Crippen LogP contribution in [0.2, 0.25) is 0 Å². The minimum absolute atomic E-state index is 0.0792. The number of imidazole rings is 1. The van der Waals surface area contributed by atoms with E-state index in [1.165, 1.54) is 5.56 Å². The van der Waals surface area contributed by atoms with Gasteiger partial charge in [0.15, 0.2) is 0 Å². The third-order valence-corrected chi connectivity index (χ3v) is 7.72. The number of rotatable bonds is 8. The number of carboxylic acid groups (broad SMARTS) is 1. The molecule has 1 N–H and O–H groups in total. The van der Waals surface area contributed by atoms with E-state index in [1.807, 2.05) is 40.0 Å². The first kappa shape index (κ1) is 24.8. The van der Waals surface area contributed by atoms with Gasteiger partial charge in [-0.2, -0.15) is 0 Å². The Kier molecular flexibility index (Phi) is 6.63. The molecule has 0 amide bonds. The molecule has 7 nitrogen and oxygen atoms in total. The van der Waals surface area contributed by atoms with Crippen LogP contribution in [-0.4, -0.2) is 32.4 Å². The Hall–Kier alpha value is -3.87. The van der Waals surface area contributed by atoms with Crippen LogP contribution < -0.4 is 4.74 Å². The van der Waals surface area contributed by atoms with E-state index < -0.39 is 5.97 Å². The molecule has 4 aromatic rings. The zero-order chi connectivity index (χ0) is 26.3. The van der Waals surface area contributed by atoms with Crippen molar-refractivity contribution in [2.24, 2.45) is 13.0 Å². The molecule has 0 fully saturated rings. The molecule has 0 unspecified atom stereocenters. The molecule has 0 saturated heterocycles. The Morgan fingerprint density at radius 3 is 2.54 bits per heavy atom. The average Bonchev–Trinajstić information content (AvgIpc) is 3.54. The molecule has 1 aliphatic carbocycles. The van der Waals surface area contributed by atoms with Gasteiger partial charge in [0.25, 0.3) is 0 Å². The second-order valence-electron chi connectivity index (χ2n) is 10.0. The number of nitrogens with zero attached hydrogens (tertiary/aromatic N) is 3. The highest BCUT2D eigenvalue weighted by atomic mass is 16.5. The lowest BCUT2D eigenvalue weighted by Crippen LogP contribution is -2.17. The summed E-state index contributed by atoms with van der Waals surface area (Å²) in [5.41, 5.74) is 8.55. The van der Waals surface area contributed by atoms with E-state index in [2.05, 4.69) is 40.1 Å². The summed E-state index contributed by atoms with van der Waals surface area (Å²) in [6, 6.07) is 14.4. The minimum Gasteiger partial charge on any atom is -0.493 e. The SMILES string of the molecule is Cc1noc(C)c1-c1ccc(-c2nc(C)c(CCOc3ccc4c(c3)CC[C@H]4[C@H](C)C(=O)O)n2C)cc1. The summed E-state index contributed by atoms with van der Waals surface area (Å²) >= 11 is 0. The number of ether oxygens (including phenoxy) is 1. The molecule has 0 aliphatic heterocycles. The zero-order valence-corrected chi connectivity index (χ0v) is 22.0. The maximum Gasteiger partial charge on any atom is 0.306 e. The van der Waals surface area contributed by atoms with Crippen LogP contribution >= 0.6 is 0 Å². The predicted molar refractivity (Wildman–Crippen MR) is 142 cm³/mol. The summed E-state index contributed by atoms with van der Waals surface area (Å²) in [4.78, 5) is 16.3. The van der Waals surface area contributed by atoms with E-state index in [0.717, 1.165) is 75.9 Å². The average molecular weight is 500 g/mol. The highest BCUT2D eigenvalue weighted by Crippen LogP contribution is 2.40. The fourth-order valence-electron chi connectivity index (χ4n) is 5.63. The van der Waals surface area contributed by atoms with Gasteiger partial charge in [-0.3, -0.25) is 4.79 Å². The predicted octanol–water partition coefficient (Wildman–Crippen LogP) is 6.04. The lowest BCUT2D eigenvalue weighted by atomic mass is 9.89. The van der Waals surface area contributed by atoms with Crippen molar-refractivity contribution in [2.75, 3.05) is 6.61 Å². The Balaban J connectivity index is 1.26. The van der Waals surface area contributed by atoms with Crippen molar-refractivity contribution in [3.8, 4) is 28.3 Å². The molecule has 0 saturated carbocycles. The maximum atomic E-state index is 11.4. The Labute approximate surface area is 217 Å². The fraction of sp³-hybridized carbons (Fsp3) is 0.367. The van der Waals surface area contributed by atoms with Crippen molar-refractivity contribution < 1.29 is 19.2 Å². The first-order valence-corrected chi connectivity index (χ1v) is 12.8. The van der Waals surface area contributed by atoms with E-state index in [1.54, 1.807) is 6.92 Å². The van der Waals surface area contributed by atoms with Gasteiger partial charge in [0.05, 0.1) is 23.9 Å². The second kappa shape index (κ2) is 9.88. The van der Waals surface area contributed by atoms with E-state index in [4.69, 9.17) is 14.2 Å². The Bertz CT molecular complexity index is 1430. The van der Waals surface area contributed by atoms with E-state index in [9.17, 15) is 9.90 Å². The molecule has 37 heavy (non-hydrogen) atoms. The molecule has 7 heteroatoms. The van der Waals surface area contributed by atoms with Gasteiger partial charge in [-0.05, 0) is 68.4 Å². The second-order valence-corrected chi connectivity index (χ2v) is 10.0. The van der Waals surface area contributed by atoms with Crippen LogP contribution in [0.1, 0.15) is 53.2 Å². The highest BCUT2D eigenvalue weighted by molar-refractivity contribution is 5.72. The maximum absolute atomic E-state index is 11.4. The molecular weight excluding hydrogens is 466 g/mol. The normalized spacial score (nSPS) is 15.5. The number of hydrogen-bond donors (Lipinski definition) is 1. The molecule has 0 radical (unpaired) electrons. The molecular formula is C30H33N3O4. The summed E-state index contributed by atoms with van der Waals surface area (Å²) in [7, 11) is 2.05. The topological polar surface area (TPSA) is 90.4 Å².